The quantitative estimate of drug-likeness (QED) is 0.370. The summed E-state index contributed by atoms with van der Waals surface area (Å²) in [6.45, 7) is 4.68. The molecule has 0 aromatic heterocycles. The first-order valence-electron chi connectivity index (χ1n) is 7.44. The lowest BCUT2D eigenvalue weighted by atomic mass is 10.1. The molecule has 4 nitrogen and oxygen atoms in total. The number of hydrogen-bond acceptors (Lipinski definition) is 2. The molecule has 0 saturated heterocycles. The second kappa shape index (κ2) is 11.7. The van der Waals surface area contributed by atoms with E-state index in [9.17, 15) is 13.2 Å². The third-order valence-corrected chi connectivity index (χ3v) is 2.75. The number of halogens is 3. The Kier molecular flexibility index (Phi) is 11.1. The smallest absolute Gasteiger partial charge is 0.372 e. The average molecular weight is 311 g/mol. The molecule has 2 N–H and O–H groups in total. The van der Waals surface area contributed by atoms with E-state index in [0.29, 0.717) is 18.9 Å². The molecule has 0 unspecified atom stereocenters. The number of nitrogens with zero attached hydrogens (tertiary/aromatic N) is 1. The van der Waals surface area contributed by atoms with Crippen molar-refractivity contribution in [1.82, 2.24) is 10.6 Å². The van der Waals surface area contributed by atoms with Gasteiger partial charge in [0, 0.05) is 26.7 Å². The summed E-state index contributed by atoms with van der Waals surface area (Å²) in [5.74, 6) is 1.40. The Balaban J connectivity index is 3.50. The minimum Gasteiger partial charge on any atom is -0.372 e. The lowest BCUT2D eigenvalue weighted by molar-refractivity contribution is -0.173. The first-order chi connectivity index (χ1) is 9.85. The van der Waals surface area contributed by atoms with Gasteiger partial charge in [-0.2, -0.15) is 13.2 Å². The van der Waals surface area contributed by atoms with Gasteiger partial charge in [-0.3, -0.25) is 4.99 Å². The zero-order valence-corrected chi connectivity index (χ0v) is 13.2. The van der Waals surface area contributed by atoms with Crippen LogP contribution in [-0.2, 0) is 4.74 Å². The van der Waals surface area contributed by atoms with Crippen LogP contribution in [-0.4, -0.2) is 45.5 Å². The van der Waals surface area contributed by atoms with E-state index in [1.165, 1.54) is 12.8 Å². The molecule has 0 radical (unpaired) electrons. The Hall–Kier alpha value is -0.980. The second-order valence-electron chi connectivity index (χ2n) is 5.34. The molecule has 0 aromatic carbocycles. The molecule has 7 heteroatoms. The molecule has 0 fully saturated rings. The maximum absolute atomic E-state index is 11.8. The number of nitrogens with one attached hydrogen (secondary N) is 2. The highest BCUT2D eigenvalue weighted by atomic mass is 19.4. The third-order valence-electron chi connectivity index (χ3n) is 2.75. The van der Waals surface area contributed by atoms with Crippen LogP contribution in [0.5, 0.6) is 0 Å². The van der Waals surface area contributed by atoms with E-state index in [0.717, 1.165) is 18.9 Å². The van der Waals surface area contributed by atoms with Crippen molar-refractivity contribution in [2.24, 2.45) is 10.9 Å². The van der Waals surface area contributed by atoms with E-state index in [4.69, 9.17) is 0 Å². The Labute approximate surface area is 125 Å². The molecule has 0 aromatic rings. The van der Waals surface area contributed by atoms with Gasteiger partial charge in [0.2, 0.25) is 0 Å². The van der Waals surface area contributed by atoms with Crippen molar-refractivity contribution in [3.05, 3.63) is 0 Å². The van der Waals surface area contributed by atoms with Crippen LogP contribution in [0, 0.1) is 5.92 Å². The monoisotopic (exact) mass is 311 g/mol. The molecule has 0 amide bonds. The molecule has 0 atom stereocenters. The first-order valence-corrected chi connectivity index (χ1v) is 7.44. The van der Waals surface area contributed by atoms with E-state index in [1.807, 2.05) is 0 Å². The first kappa shape index (κ1) is 20.0. The maximum atomic E-state index is 11.8. The topological polar surface area (TPSA) is 45.7 Å². The standard InChI is InChI=1S/C14H28F3N3O/c1-12(2)7-4-5-8-19-13(18-3)20-9-6-10-21-11-14(15,16)17/h12H,4-11H2,1-3H3,(H2,18,19,20). The Bertz CT molecular complexity index is 281. The van der Waals surface area contributed by atoms with Crippen molar-refractivity contribution in [3.63, 3.8) is 0 Å². The fraction of sp³-hybridized carbons (Fsp3) is 0.929. The van der Waals surface area contributed by atoms with Crippen LogP contribution < -0.4 is 10.6 Å². The van der Waals surface area contributed by atoms with Gasteiger partial charge >= 0.3 is 6.18 Å². The zero-order chi connectivity index (χ0) is 16.1. The van der Waals surface area contributed by atoms with Crippen LogP contribution in [0.1, 0.15) is 39.5 Å². The third kappa shape index (κ3) is 15.2. The molecule has 0 bridgehead atoms. The minimum atomic E-state index is -4.25. The van der Waals surface area contributed by atoms with Gasteiger partial charge in [-0.25, -0.2) is 0 Å². The zero-order valence-electron chi connectivity index (χ0n) is 13.2. The fourth-order valence-electron chi connectivity index (χ4n) is 1.67. The summed E-state index contributed by atoms with van der Waals surface area (Å²) in [5, 5.41) is 6.22. The molecule has 0 heterocycles. The van der Waals surface area contributed by atoms with Gasteiger partial charge in [0.05, 0.1) is 0 Å². The van der Waals surface area contributed by atoms with Crippen molar-refractivity contribution < 1.29 is 17.9 Å². The van der Waals surface area contributed by atoms with Crippen molar-refractivity contribution in [2.45, 2.75) is 45.7 Å². The van der Waals surface area contributed by atoms with E-state index in [-0.39, 0.29) is 6.61 Å². The Morgan fingerprint density at radius 3 is 2.24 bits per heavy atom. The predicted octanol–water partition coefficient (Wildman–Crippen LogP) is 2.95. The lowest BCUT2D eigenvalue weighted by Gasteiger charge is -2.12. The molecular formula is C14H28F3N3O. The van der Waals surface area contributed by atoms with Crippen molar-refractivity contribution in [2.75, 3.05) is 33.4 Å². The van der Waals surface area contributed by atoms with E-state index in [1.54, 1.807) is 7.05 Å². The summed E-state index contributed by atoms with van der Waals surface area (Å²) in [4.78, 5) is 4.05. The lowest BCUT2D eigenvalue weighted by Crippen LogP contribution is -2.38. The number of ether oxygens (including phenoxy) is 1. The molecule has 126 valence electrons. The summed E-state index contributed by atoms with van der Waals surface area (Å²) in [7, 11) is 1.67. The number of guanidine groups is 1. The van der Waals surface area contributed by atoms with Crippen LogP contribution >= 0.6 is 0 Å². The molecule has 0 rings (SSSR count). The van der Waals surface area contributed by atoms with Crippen molar-refractivity contribution >= 4 is 5.96 Å². The summed E-state index contributed by atoms with van der Waals surface area (Å²) in [6.07, 6.45) is -0.282. The highest BCUT2D eigenvalue weighted by Crippen LogP contribution is 2.14. The normalized spacial score (nSPS) is 12.8. The summed E-state index contributed by atoms with van der Waals surface area (Å²) < 4.78 is 40.0. The highest BCUT2D eigenvalue weighted by Gasteiger charge is 2.27. The van der Waals surface area contributed by atoms with Gasteiger partial charge in [0.25, 0.3) is 0 Å². The largest absolute Gasteiger partial charge is 0.411 e. The van der Waals surface area contributed by atoms with Crippen LogP contribution in [0.2, 0.25) is 0 Å². The van der Waals surface area contributed by atoms with E-state index in [2.05, 4.69) is 34.2 Å². The van der Waals surface area contributed by atoms with Crippen molar-refractivity contribution in [1.29, 1.82) is 0 Å². The number of unbranched alkanes of at least 4 members (excludes halogenated alkanes) is 1. The number of aliphatic imine (C=N–C) groups is 1. The highest BCUT2D eigenvalue weighted by molar-refractivity contribution is 5.79. The Morgan fingerprint density at radius 2 is 1.71 bits per heavy atom. The summed E-state index contributed by atoms with van der Waals surface area (Å²) >= 11 is 0. The molecule has 0 aliphatic heterocycles. The van der Waals surface area contributed by atoms with Gasteiger partial charge in [0.15, 0.2) is 5.96 Å². The average Bonchev–Trinajstić information content (AvgIpc) is 2.38. The fourth-order valence-corrected chi connectivity index (χ4v) is 1.67. The Morgan fingerprint density at radius 1 is 1.10 bits per heavy atom. The van der Waals surface area contributed by atoms with Crippen LogP contribution in [0.25, 0.3) is 0 Å². The molecule has 21 heavy (non-hydrogen) atoms. The molecule has 0 aliphatic rings. The van der Waals surface area contributed by atoms with Crippen LogP contribution in [0.15, 0.2) is 4.99 Å². The summed E-state index contributed by atoms with van der Waals surface area (Å²) in [5.41, 5.74) is 0. The van der Waals surface area contributed by atoms with Crippen LogP contribution in [0.3, 0.4) is 0 Å². The van der Waals surface area contributed by atoms with Gasteiger partial charge in [-0.15, -0.1) is 0 Å². The van der Waals surface area contributed by atoms with Gasteiger partial charge in [0.1, 0.15) is 6.61 Å². The molecule has 0 aliphatic carbocycles. The van der Waals surface area contributed by atoms with E-state index >= 15 is 0 Å². The van der Waals surface area contributed by atoms with E-state index < -0.39 is 12.8 Å². The summed E-state index contributed by atoms with van der Waals surface area (Å²) in [6, 6.07) is 0. The van der Waals surface area contributed by atoms with Gasteiger partial charge in [-0.1, -0.05) is 26.7 Å². The molecular weight excluding hydrogens is 283 g/mol. The van der Waals surface area contributed by atoms with Gasteiger partial charge in [-0.05, 0) is 18.8 Å². The minimum absolute atomic E-state index is 0.0812. The number of hydrogen-bond donors (Lipinski definition) is 2. The molecule has 0 spiro atoms. The van der Waals surface area contributed by atoms with Gasteiger partial charge < -0.3 is 15.4 Å². The van der Waals surface area contributed by atoms with Crippen molar-refractivity contribution in [3.8, 4) is 0 Å². The predicted molar refractivity (Wildman–Crippen MR) is 79.5 cm³/mol. The van der Waals surface area contributed by atoms with Crippen LogP contribution in [0.4, 0.5) is 13.2 Å². The molecule has 0 saturated carbocycles. The SMILES string of the molecule is CN=C(NCCCCC(C)C)NCCCOCC(F)(F)F. The maximum Gasteiger partial charge on any atom is 0.411 e. The number of rotatable bonds is 10. The number of alkyl halides is 3. The second-order valence-corrected chi connectivity index (χ2v) is 5.34.